The molecule has 0 radical (unpaired) electrons. The van der Waals surface area contributed by atoms with Crippen LogP contribution in [0.5, 0.6) is 0 Å². The molecule has 0 amide bonds. The van der Waals surface area contributed by atoms with Gasteiger partial charge in [0.25, 0.3) is 0 Å². The van der Waals surface area contributed by atoms with Crippen LogP contribution in [0.1, 0.15) is 25.3 Å². The van der Waals surface area contributed by atoms with E-state index in [-0.39, 0.29) is 30.4 Å². The average molecular weight is 463 g/mol. The average Bonchev–Trinajstić information content (AvgIpc) is 2.74. The van der Waals surface area contributed by atoms with Crippen LogP contribution in [0.2, 0.25) is 5.02 Å². The lowest BCUT2D eigenvalue weighted by Gasteiger charge is -2.40. The highest BCUT2D eigenvalue weighted by Crippen LogP contribution is 2.27. The number of rotatable bonds is 11. The number of nitrogens with zero attached hydrogens (tertiary/aromatic N) is 1. The van der Waals surface area contributed by atoms with Crippen molar-refractivity contribution in [1.29, 1.82) is 0 Å². The van der Waals surface area contributed by atoms with E-state index in [1.54, 1.807) is 13.0 Å². The monoisotopic (exact) mass is 462 g/mol. The highest BCUT2D eigenvalue weighted by atomic mass is 35.5. The molecule has 0 aliphatic carbocycles. The minimum absolute atomic E-state index is 0.201. The Bertz CT molecular complexity index is 887. The number of hydrogen-bond donors (Lipinski definition) is 2. The maximum Gasteiger partial charge on any atom is 0.310 e. The fourth-order valence-electron chi connectivity index (χ4n) is 4.30. The summed E-state index contributed by atoms with van der Waals surface area (Å²) in [5.41, 5.74) is 8.65. The first-order valence-corrected chi connectivity index (χ1v) is 11.6. The molecule has 0 bridgehead atoms. The minimum atomic E-state index is -0.316. The number of esters is 1. The van der Waals surface area contributed by atoms with Gasteiger partial charge in [0, 0.05) is 42.9 Å². The zero-order valence-electron chi connectivity index (χ0n) is 18.5. The number of carbonyl (C=O) groups excluding carboxylic acids is 1. The zero-order chi connectivity index (χ0) is 23.1. The van der Waals surface area contributed by atoms with Crippen LogP contribution in [-0.2, 0) is 16.0 Å². The molecule has 2 aromatic carbocycles. The summed E-state index contributed by atoms with van der Waals surface area (Å²) < 4.78 is 19.4. The highest BCUT2D eigenvalue weighted by Gasteiger charge is 2.32. The van der Waals surface area contributed by atoms with Crippen molar-refractivity contribution in [3.63, 3.8) is 0 Å². The Hall–Kier alpha value is -1.99. The van der Waals surface area contributed by atoms with Gasteiger partial charge in [-0.05, 0) is 61.4 Å². The van der Waals surface area contributed by atoms with Gasteiger partial charge in [0.05, 0.1) is 12.5 Å². The zero-order valence-corrected chi connectivity index (χ0v) is 19.2. The molecule has 0 spiro atoms. The molecule has 2 atom stereocenters. The Morgan fingerprint density at radius 3 is 2.66 bits per heavy atom. The van der Waals surface area contributed by atoms with Crippen LogP contribution in [0, 0.1) is 17.7 Å². The van der Waals surface area contributed by atoms with Crippen molar-refractivity contribution in [2.24, 2.45) is 17.6 Å². The molecule has 174 valence electrons. The van der Waals surface area contributed by atoms with Crippen LogP contribution in [0.25, 0.3) is 11.1 Å². The minimum Gasteiger partial charge on any atom is -0.466 e. The second-order valence-electron chi connectivity index (χ2n) is 8.57. The van der Waals surface area contributed by atoms with Gasteiger partial charge in [-0.3, -0.25) is 4.79 Å². The van der Waals surface area contributed by atoms with Gasteiger partial charge < -0.3 is 20.5 Å². The van der Waals surface area contributed by atoms with E-state index in [1.807, 2.05) is 24.3 Å². The molecule has 2 aromatic rings. The highest BCUT2D eigenvalue weighted by molar-refractivity contribution is 6.30. The number of aliphatic hydroxyl groups is 1. The molecule has 1 aliphatic rings. The van der Waals surface area contributed by atoms with Crippen molar-refractivity contribution in [1.82, 2.24) is 4.90 Å². The standard InChI is InChI=1S/C25H32ClFN2O3/c1-2-32-25(31)20(16-29-14-18(15-29)9-10-30)12-22(28)11-17-3-5-19(6-4-17)23-13-21(26)7-8-24(23)27/h3-8,13,18,20,22,30H,2,9-12,14-16,28H2,1H3/t20-,22+/m0/s1. The summed E-state index contributed by atoms with van der Waals surface area (Å²) in [5, 5.41) is 9.55. The Morgan fingerprint density at radius 2 is 2.00 bits per heavy atom. The number of likely N-dealkylation sites (tertiary alicyclic amines) is 1. The largest absolute Gasteiger partial charge is 0.466 e. The van der Waals surface area contributed by atoms with Gasteiger partial charge in [0.2, 0.25) is 0 Å². The quantitative estimate of drug-likeness (QED) is 0.495. The first kappa shape index (κ1) is 24.6. The summed E-state index contributed by atoms with van der Waals surface area (Å²) in [6.07, 6.45) is 1.95. The normalized spacial score (nSPS) is 16.4. The summed E-state index contributed by atoms with van der Waals surface area (Å²) in [4.78, 5) is 14.7. The first-order chi connectivity index (χ1) is 15.4. The molecule has 0 unspecified atom stereocenters. The summed E-state index contributed by atoms with van der Waals surface area (Å²) in [6.45, 7) is 4.77. The molecule has 3 N–H and O–H groups in total. The van der Waals surface area contributed by atoms with Gasteiger partial charge in [-0.2, -0.15) is 0 Å². The topological polar surface area (TPSA) is 75.8 Å². The molecule has 7 heteroatoms. The van der Waals surface area contributed by atoms with Gasteiger partial charge in [-0.25, -0.2) is 4.39 Å². The molecule has 1 fully saturated rings. The van der Waals surface area contributed by atoms with E-state index in [0.29, 0.717) is 42.5 Å². The predicted molar refractivity (Wildman–Crippen MR) is 125 cm³/mol. The summed E-state index contributed by atoms with van der Waals surface area (Å²) >= 11 is 6.00. The molecule has 0 aromatic heterocycles. The van der Waals surface area contributed by atoms with Crippen LogP contribution in [0.4, 0.5) is 4.39 Å². The fourth-order valence-corrected chi connectivity index (χ4v) is 4.47. The smallest absolute Gasteiger partial charge is 0.310 e. The van der Waals surface area contributed by atoms with Crippen molar-refractivity contribution in [2.75, 3.05) is 32.8 Å². The lowest BCUT2D eigenvalue weighted by molar-refractivity contribution is -0.149. The van der Waals surface area contributed by atoms with E-state index in [4.69, 9.17) is 27.2 Å². The van der Waals surface area contributed by atoms with Crippen molar-refractivity contribution in [3.8, 4) is 11.1 Å². The van der Waals surface area contributed by atoms with E-state index in [1.165, 1.54) is 12.1 Å². The number of benzene rings is 2. The van der Waals surface area contributed by atoms with E-state index < -0.39 is 0 Å². The SMILES string of the molecule is CCOC(=O)[C@@H](C[C@H](N)Cc1ccc(-c2cc(Cl)ccc2F)cc1)CN1CC(CCO)C1. The van der Waals surface area contributed by atoms with Gasteiger partial charge in [0.1, 0.15) is 5.82 Å². The van der Waals surface area contributed by atoms with E-state index >= 15 is 0 Å². The Kier molecular flexibility index (Phi) is 9.05. The molecule has 0 saturated carbocycles. The van der Waals surface area contributed by atoms with E-state index in [2.05, 4.69) is 4.90 Å². The van der Waals surface area contributed by atoms with E-state index in [0.717, 1.165) is 30.6 Å². The second kappa shape index (κ2) is 11.8. The molecular weight excluding hydrogens is 431 g/mol. The Morgan fingerprint density at radius 1 is 1.28 bits per heavy atom. The predicted octanol–water partition coefficient (Wildman–Crippen LogP) is 3.90. The van der Waals surface area contributed by atoms with Crippen LogP contribution in [0.15, 0.2) is 42.5 Å². The number of nitrogens with two attached hydrogens (primary N) is 1. The van der Waals surface area contributed by atoms with Crippen LogP contribution < -0.4 is 5.73 Å². The van der Waals surface area contributed by atoms with Crippen LogP contribution in [0.3, 0.4) is 0 Å². The molecule has 5 nitrogen and oxygen atoms in total. The maximum absolute atomic E-state index is 14.1. The molecular formula is C25H32ClFN2O3. The van der Waals surface area contributed by atoms with Gasteiger partial charge >= 0.3 is 5.97 Å². The van der Waals surface area contributed by atoms with Crippen LogP contribution in [-0.4, -0.2) is 54.9 Å². The van der Waals surface area contributed by atoms with Crippen molar-refractivity contribution >= 4 is 17.6 Å². The van der Waals surface area contributed by atoms with Gasteiger partial charge in [-0.1, -0.05) is 35.9 Å². The maximum atomic E-state index is 14.1. The summed E-state index contributed by atoms with van der Waals surface area (Å²) in [6, 6.07) is 11.9. The third-order valence-electron chi connectivity index (χ3n) is 5.95. The number of ether oxygens (including phenoxy) is 1. The molecule has 1 aliphatic heterocycles. The van der Waals surface area contributed by atoms with E-state index in [9.17, 15) is 9.18 Å². The van der Waals surface area contributed by atoms with Gasteiger partial charge in [0.15, 0.2) is 0 Å². The van der Waals surface area contributed by atoms with Crippen LogP contribution >= 0.6 is 11.6 Å². The Balaban J connectivity index is 1.58. The first-order valence-electron chi connectivity index (χ1n) is 11.2. The third kappa shape index (κ3) is 6.75. The Labute approximate surface area is 194 Å². The summed E-state index contributed by atoms with van der Waals surface area (Å²) in [7, 11) is 0. The molecule has 1 heterocycles. The van der Waals surface area contributed by atoms with Crippen molar-refractivity contribution < 1.29 is 19.0 Å². The molecule has 3 rings (SSSR count). The number of hydrogen-bond acceptors (Lipinski definition) is 5. The lowest BCUT2D eigenvalue weighted by atomic mass is 9.91. The van der Waals surface area contributed by atoms with Gasteiger partial charge in [-0.15, -0.1) is 0 Å². The summed E-state index contributed by atoms with van der Waals surface area (Å²) in [5.74, 6) is -0.303. The molecule has 32 heavy (non-hydrogen) atoms. The fraction of sp³-hybridized carbons (Fsp3) is 0.480. The molecule has 1 saturated heterocycles. The second-order valence-corrected chi connectivity index (χ2v) is 9.00. The third-order valence-corrected chi connectivity index (χ3v) is 6.18. The number of carbonyl (C=O) groups is 1. The lowest BCUT2D eigenvalue weighted by Crippen LogP contribution is -2.50. The number of halogens is 2. The van der Waals surface area contributed by atoms with Crippen molar-refractivity contribution in [3.05, 3.63) is 58.9 Å². The van der Waals surface area contributed by atoms with Crippen molar-refractivity contribution in [2.45, 2.75) is 32.2 Å². The number of aliphatic hydroxyl groups excluding tert-OH is 1.